The third kappa shape index (κ3) is 4.78. The molecule has 5 aliphatic rings. The van der Waals surface area contributed by atoms with E-state index >= 15 is 0 Å². The molecule has 6 heteroatoms. The highest BCUT2D eigenvalue weighted by Crippen LogP contribution is 2.67. The lowest BCUT2D eigenvalue weighted by atomic mass is 9.44. The smallest absolute Gasteiger partial charge is 0.329 e. The van der Waals surface area contributed by atoms with Crippen LogP contribution in [-0.4, -0.2) is 42.4 Å². The van der Waals surface area contributed by atoms with Gasteiger partial charge in [-0.3, -0.25) is 9.59 Å². The molecular formula is C31H50N2O4. The van der Waals surface area contributed by atoms with Gasteiger partial charge in [-0.25, -0.2) is 4.79 Å². The molecule has 2 N–H and O–H groups in total. The van der Waals surface area contributed by atoms with E-state index in [0.29, 0.717) is 23.0 Å². The van der Waals surface area contributed by atoms with Crippen molar-refractivity contribution in [3.63, 3.8) is 0 Å². The highest BCUT2D eigenvalue weighted by Gasteiger charge is 2.61. The molecule has 10 atom stereocenters. The van der Waals surface area contributed by atoms with Crippen LogP contribution in [0.3, 0.4) is 0 Å². The van der Waals surface area contributed by atoms with Gasteiger partial charge in [-0.1, -0.05) is 27.7 Å². The first-order chi connectivity index (χ1) is 17.5. The van der Waals surface area contributed by atoms with Crippen LogP contribution in [0.4, 0.5) is 0 Å². The number of fused-ring (bicyclic) bond motifs is 5. The van der Waals surface area contributed by atoms with Gasteiger partial charge in [0.15, 0.2) is 0 Å². The normalized spacial score (nSPS) is 43.9. The van der Waals surface area contributed by atoms with E-state index in [4.69, 9.17) is 4.74 Å². The Bertz CT molecular complexity index is 898. The Morgan fingerprint density at radius 3 is 2.32 bits per heavy atom. The SMILES string of the molecule is CC(=O)[C@H]1CC[C@H]2[C@@H]3CC[C@H]4C[C@H](OC(=O)[C@@H](NC(=O)[C@@H]5CCCN5)C(C)C)CC[C@]4(C)[C@H]3CC[C@]12C. The van der Waals surface area contributed by atoms with Gasteiger partial charge in [0.25, 0.3) is 0 Å². The van der Waals surface area contributed by atoms with Crippen LogP contribution in [0.15, 0.2) is 0 Å². The fourth-order valence-electron chi connectivity index (χ4n) is 9.89. The average Bonchev–Trinajstić information content (AvgIpc) is 3.50. The maximum atomic E-state index is 13.2. The quantitative estimate of drug-likeness (QED) is 0.485. The monoisotopic (exact) mass is 514 g/mol. The fraction of sp³-hybridized carbons (Fsp3) is 0.903. The van der Waals surface area contributed by atoms with Crippen LogP contribution in [0.2, 0.25) is 0 Å². The molecule has 1 aliphatic heterocycles. The summed E-state index contributed by atoms with van der Waals surface area (Å²) in [4.78, 5) is 38.3. The van der Waals surface area contributed by atoms with Crippen LogP contribution in [0.5, 0.6) is 0 Å². The number of ketones is 1. The Balaban J connectivity index is 1.21. The molecule has 0 aromatic heterocycles. The summed E-state index contributed by atoms with van der Waals surface area (Å²) in [5.74, 6) is 3.07. The van der Waals surface area contributed by atoms with Crippen LogP contribution in [0.25, 0.3) is 0 Å². The molecule has 0 bridgehead atoms. The number of esters is 1. The molecule has 0 unspecified atom stereocenters. The van der Waals surface area contributed by atoms with E-state index in [-0.39, 0.29) is 41.3 Å². The van der Waals surface area contributed by atoms with Crippen molar-refractivity contribution in [3.05, 3.63) is 0 Å². The van der Waals surface area contributed by atoms with Gasteiger partial charge in [-0.15, -0.1) is 0 Å². The molecule has 0 aromatic carbocycles. The van der Waals surface area contributed by atoms with Crippen LogP contribution in [0.1, 0.15) is 105 Å². The van der Waals surface area contributed by atoms with Crippen LogP contribution in [0, 0.1) is 46.3 Å². The van der Waals surface area contributed by atoms with Crippen molar-refractivity contribution in [1.29, 1.82) is 0 Å². The molecule has 1 heterocycles. The topological polar surface area (TPSA) is 84.5 Å². The van der Waals surface area contributed by atoms with Crippen molar-refractivity contribution in [1.82, 2.24) is 10.6 Å². The van der Waals surface area contributed by atoms with Crippen molar-refractivity contribution in [2.45, 2.75) is 123 Å². The van der Waals surface area contributed by atoms with Gasteiger partial charge in [0.2, 0.25) is 5.91 Å². The molecule has 5 rings (SSSR count). The molecule has 208 valence electrons. The maximum Gasteiger partial charge on any atom is 0.329 e. The second-order valence-corrected chi connectivity index (χ2v) is 14.2. The van der Waals surface area contributed by atoms with Crippen molar-refractivity contribution in [2.75, 3.05) is 6.54 Å². The third-order valence-corrected chi connectivity index (χ3v) is 12.0. The highest BCUT2D eigenvalue weighted by molar-refractivity contribution is 5.88. The van der Waals surface area contributed by atoms with Crippen LogP contribution < -0.4 is 10.6 Å². The van der Waals surface area contributed by atoms with Gasteiger partial charge >= 0.3 is 5.97 Å². The maximum absolute atomic E-state index is 13.2. The van der Waals surface area contributed by atoms with E-state index in [1.165, 1.54) is 32.1 Å². The predicted octanol–water partition coefficient (Wildman–Crippen LogP) is 5.04. The zero-order valence-corrected chi connectivity index (χ0v) is 23.8. The van der Waals surface area contributed by atoms with Gasteiger partial charge in [0.1, 0.15) is 17.9 Å². The number of amides is 1. The largest absolute Gasteiger partial charge is 0.461 e. The number of rotatable bonds is 6. The van der Waals surface area contributed by atoms with Gasteiger partial charge in [-0.2, -0.15) is 0 Å². The van der Waals surface area contributed by atoms with E-state index in [0.717, 1.165) is 56.9 Å². The molecule has 4 aliphatic carbocycles. The molecule has 37 heavy (non-hydrogen) atoms. The summed E-state index contributed by atoms with van der Waals surface area (Å²) in [6.45, 7) is 11.6. The number of Topliss-reactive ketones (excluding diaryl/α,β-unsaturated/α-hetero) is 1. The molecule has 5 fully saturated rings. The van der Waals surface area contributed by atoms with Gasteiger partial charge in [0, 0.05) is 5.92 Å². The number of ether oxygens (including phenoxy) is 1. The molecule has 1 saturated heterocycles. The summed E-state index contributed by atoms with van der Waals surface area (Å²) in [5, 5.41) is 6.21. The number of nitrogens with one attached hydrogen (secondary N) is 2. The zero-order valence-electron chi connectivity index (χ0n) is 23.8. The summed E-state index contributed by atoms with van der Waals surface area (Å²) >= 11 is 0. The first-order valence-corrected chi connectivity index (χ1v) is 15.3. The van der Waals surface area contributed by atoms with Crippen LogP contribution in [-0.2, 0) is 19.1 Å². The van der Waals surface area contributed by atoms with Gasteiger partial charge in [0.05, 0.1) is 6.04 Å². The van der Waals surface area contributed by atoms with Gasteiger partial charge < -0.3 is 15.4 Å². The van der Waals surface area contributed by atoms with Crippen molar-refractivity contribution in [2.24, 2.45) is 46.3 Å². The molecule has 6 nitrogen and oxygen atoms in total. The first kappa shape index (κ1) is 27.1. The van der Waals surface area contributed by atoms with Crippen molar-refractivity contribution >= 4 is 17.7 Å². The highest BCUT2D eigenvalue weighted by atomic mass is 16.5. The Morgan fingerprint density at radius 1 is 0.919 bits per heavy atom. The van der Waals surface area contributed by atoms with E-state index in [9.17, 15) is 14.4 Å². The second-order valence-electron chi connectivity index (χ2n) is 14.2. The van der Waals surface area contributed by atoms with Gasteiger partial charge in [-0.05, 0) is 125 Å². The first-order valence-electron chi connectivity index (χ1n) is 15.3. The van der Waals surface area contributed by atoms with E-state index < -0.39 is 6.04 Å². The number of carbonyl (C=O) groups excluding carboxylic acids is 3. The lowest BCUT2D eigenvalue weighted by Gasteiger charge is -2.61. The molecule has 4 saturated carbocycles. The van der Waals surface area contributed by atoms with E-state index in [1.807, 2.05) is 20.8 Å². The average molecular weight is 515 g/mol. The molecule has 0 radical (unpaired) electrons. The fourth-order valence-corrected chi connectivity index (χ4v) is 9.89. The summed E-state index contributed by atoms with van der Waals surface area (Å²) < 4.78 is 6.12. The van der Waals surface area contributed by atoms with E-state index in [2.05, 4.69) is 24.5 Å². The summed E-state index contributed by atoms with van der Waals surface area (Å²) in [6.07, 6.45) is 12.0. The standard InChI is InChI=1S/C31H50N2O4/c1-18(2)27(33-28(35)26-7-6-16-32-26)29(36)37-21-12-14-30(4)20(17-21)8-9-22-24-11-10-23(19(3)34)31(24,5)15-13-25(22)30/h18,20-27,32H,6-17H2,1-5H3,(H,33,35)/t20-,21+,22-,23+,24-,25-,26-,27-,30-,31+/m0/s1. The Labute approximate surface area is 223 Å². The summed E-state index contributed by atoms with van der Waals surface area (Å²) in [6, 6.07) is -0.783. The molecular weight excluding hydrogens is 464 g/mol. The predicted molar refractivity (Wildman–Crippen MR) is 144 cm³/mol. The molecule has 0 spiro atoms. The number of carbonyl (C=O) groups is 3. The second kappa shape index (κ2) is 10.3. The minimum atomic E-state index is -0.591. The van der Waals surface area contributed by atoms with E-state index in [1.54, 1.807) is 0 Å². The summed E-state index contributed by atoms with van der Waals surface area (Å²) in [7, 11) is 0. The Hall–Kier alpha value is -1.43. The molecule has 0 aromatic rings. The van der Waals surface area contributed by atoms with Crippen molar-refractivity contribution in [3.8, 4) is 0 Å². The number of hydrogen-bond acceptors (Lipinski definition) is 5. The Morgan fingerprint density at radius 2 is 1.65 bits per heavy atom. The van der Waals surface area contributed by atoms with Crippen molar-refractivity contribution < 1.29 is 19.1 Å². The minimum Gasteiger partial charge on any atom is -0.461 e. The zero-order chi connectivity index (χ0) is 26.5. The Kier molecular flexibility index (Phi) is 7.54. The lowest BCUT2D eigenvalue weighted by molar-refractivity contribution is -0.166. The summed E-state index contributed by atoms with van der Waals surface area (Å²) in [5.41, 5.74) is 0.508. The molecule has 1 amide bonds. The third-order valence-electron chi connectivity index (χ3n) is 12.0. The number of hydrogen-bond donors (Lipinski definition) is 2. The minimum absolute atomic E-state index is 0.0102. The lowest BCUT2D eigenvalue weighted by Crippen LogP contribution is -2.55. The van der Waals surface area contributed by atoms with Crippen LogP contribution >= 0.6 is 0 Å².